The summed E-state index contributed by atoms with van der Waals surface area (Å²) >= 11 is 0. The maximum Gasteiger partial charge on any atom is 0.123 e. The Morgan fingerprint density at radius 2 is 1.70 bits per heavy atom. The molecule has 2 nitrogen and oxygen atoms in total. The fourth-order valence-corrected chi connectivity index (χ4v) is 2.21. The first-order valence-corrected chi connectivity index (χ1v) is 6.81. The first-order valence-electron chi connectivity index (χ1n) is 6.81. The van der Waals surface area contributed by atoms with Crippen LogP contribution < -0.4 is 5.32 Å². The number of hydrogen-bond acceptors (Lipinski definition) is 2. The van der Waals surface area contributed by atoms with Gasteiger partial charge in [0.15, 0.2) is 0 Å². The van der Waals surface area contributed by atoms with Crippen LogP contribution in [0.4, 0.5) is 10.1 Å². The SMILES string of the molecule is CC(Nc1ccccc1CN(C)C)c1ccc(F)cc1. The third kappa shape index (κ3) is 3.81. The molecule has 0 spiro atoms. The second kappa shape index (κ2) is 6.53. The van der Waals surface area contributed by atoms with Crippen molar-refractivity contribution in [3.8, 4) is 0 Å². The Morgan fingerprint density at radius 1 is 1.05 bits per heavy atom. The minimum Gasteiger partial charge on any atom is -0.378 e. The molecule has 2 aromatic carbocycles. The molecular formula is C17H21FN2. The zero-order valence-electron chi connectivity index (χ0n) is 12.2. The average Bonchev–Trinajstić information content (AvgIpc) is 2.41. The molecule has 106 valence electrons. The van der Waals surface area contributed by atoms with Gasteiger partial charge in [0, 0.05) is 18.3 Å². The smallest absolute Gasteiger partial charge is 0.123 e. The average molecular weight is 272 g/mol. The summed E-state index contributed by atoms with van der Waals surface area (Å²) < 4.78 is 13.0. The van der Waals surface area contributed by atoms with Crippen LogP contribution in [0, 0.1) is 5.82 Å². The van der Waals surface area contributed by atoms with Crippen molar-refractivity contribution in [1.82, 2.24) is 4.90 Å². The molecule has 0 aliphatic rings. The highest BCUT2D eigenvalue weighted by Gasteiger charge is 2.08. The Morgan fingerprint density at radius 3 is 2.35 bits per heavy atom. The van der Waals surface area contributed by atoms with Gasteiger partial charge in [-0.15, -0.1) is 0 Å². The van der Waals surface area contributed by atoms with Crippen LogP contribution >= 0.6 is 0 Å². The molecule has 0 heterocycles. The number of nitrogens with one attached hydrogen (secondary N) is 1. The van der Waals surface area contributed by atoms with Crippen LogP contribution in [0.3, 0.4) is 0 Å². The lowest BCUT2D eigenvalue weighted by Crippen LogP contribution is -2.14. The fraction of sp³-hybridized carbons (Fsp3) is 0.294. The number of hydrogen-bond donors (Lipinski definition) is 1. The van der Waals surface area contributed by atoms with Crippen LogP contribution in [0.5, 0.6) is 0 Å². The monoisotopic (exact) mass is 272 g/mol. The molecule has 1 N–H and O–H groups in total. The summed E-state index contributed by atoms with van der Waals surface area (Å²) in [6.45, 7) is 2.97. The highest BCUT2D eigenvalue weighted by atomic mass is 19.1. The minimum atomic E-state index is -0.200. The topological polar surface area (TPSA) is 15.3 Å². The van der Waals surface area contributed by atoms with Gasteiger partial charge in [0.1, 0.15) is 5.82 Å². The Hall–Kier alpha value is -1.87. The van der Waals surface area contributed by atoms with Crippen LogP contribution in [0.2, 0.25) is 0 Å². The molecule has 0 radical (unpaired) electrons. The standard InChI is InChI=1S/C17H21FN2/c1-13(14-8-10-16(18)11-9-14)19-17-7-5-4-6-15(17)12-20(2)3/h4-11,13,19H,12H2,1-3H3. The molecule has 1 unspecified atom stereocenters. The summed E-state index contributed by atoms with van der Waals surface area (Å²) in [5.74, 6) is -0.200. The van der Waals surface area contributed by atoms with Gasteiger partial charge in [-0.1, -0.05) is 30.3 Å². The van der Waals surface area contributed by atoms with E-state index in [1.807, 2.05) is 24.3 Å². The van der Waals surface area contributed by atoms with E-state index < -0.39 is 0 Å². The predicted molar refractivity (Wildman–Crippen MR) is 82.3 cm³/mol. The van der Waals surface area contributed by atoms with Gasteiger partial charge in [-0.2, -0.15) is 0 Å². The molecule has 0 bridgehead atoms. The van der Waals surface area contributed by atoms with Crippen LogP contribution in [-0.2, 0) is 6.54 Å². The van der Waals surface area contributed by atoms with Crippen molar-refractivity contribution in [2.45, 2.75) is 19.5 Å². The van der Waals surface area contributed by atoms with E-state index in [4.69, 9.17) is 0 Å². The van der Waals surface area contributed by atoms with E-state index >= 15 is 0 Å². The van der Waals surface area contributed by atoms with Gasteiger partial charge in [0.25, 0.3) is 0 Å². The van der Waals surface area contributed by atoms with Gasteiger partial charge in [-0.3, -0.25) is 0 Å². The van der Waals surface area contributed by atoms with E-state index in [1.165, 1.54) is 17.7 Å². The lowest BCUT2D eigenvalue weighted by Gasteiger charge is -2.20. The van der Waals surface area contributed by atoms with Crippen molar-refractivity contribution < 1.29 is 4.39 Å². The second-order valence-corrected chi connectivity index (χ2v) is 5.31. The summed E-state index contributed by atoms with van der Waals surface area (Å²) in [4.78, 5) is 2.14. The Balaban J connectivity index is 2.15. The molecule has 1 atom stereocenters. The molecule has 0 aliphatic heterocycles. The lowest BCUT2D eigenvalue weighted by molar-refractivity contribution is 0.403. The molecule has 0 saturated heterocycles. The number of halogens is 1. The highest BCUT2D eigenvalue weighted by Crippen LogP contribution is 2.23. The second-order valence-electron chi connectivity index (χ2n) is 5.31. The summed E-state index contributed by atoms with van der Waals surface area (Å²) in [6, 6.07) is 15.1. The van der Waals surface area contributed by atoms with Gasteiger partial charge in [0.2, 0.25) is 0 Å². The number of benzene rings is 2. The Bertz CT molecular complexity index is 549. The Kier molecular flexibility index (Phi) is 4.74. The van der Waals surface area contributed by atoms with Crippen LogP contribution in [0.1, 0.15) is 24.1 Å². The predicted octanol–water partition coefficient (Wildman–Crippen LogP) is 4.06. The molecular weight excluding hydrogens is 251 g/mol. The van der Waals surface area contributed by atoms with Gasteiger partial charge in [0.05, 0.1) is 0 Å². The van der Waals surface area contributed by atoms with E-state index in [0.717, 1.165) is 17.8 Å². The zero-order valence-corrected chi connectivity index (χ0v) is 12.2. The van der Waals surface area contributed by atoms with Crippen molar-refractivity contribution in [3.63, 3.8) is 0 Å². The van der Waals surface area contributed by atoms with Gasteiger partial charge in [-0.05, 0) is 50.3 Å². The molecule has 0 aromatic heterocycles. The van der Waals surface area contributed by atoms with Crippen molar-refractivity contribution in [2.24, 2.45) is 0 Å². The van der Waals surface area contributed by atoms with Crippen LogP contribution in [0.15, 0.2) is 48.5 Å². The third-order valence-corrected chi connectivity index (χ3v) is 3.25. The number of nitrogens with zero attached hydrogens (tertiary/aromatic N) is 1. The lowest BCUT2D eigenvalue weighted by atomic mass is 10.1. The summed E-state index contributed by atoms with van der Waals surface area (Å²) in [6.07, 6.45) is 0. The van der Waals surface area contributed by atoms with E-state index in [1.54, 1.807) is 0 Å². The highest BCUT2D eigenvalue weighted by molar-refractivity contribution is 5.52. The molecule has 3 heteroatoms. The molecule has 0 saturated carbocycles. The van der Waals surface area contributed by atoms with Gasteiger partial charge in [-0.25, -0.2) is 4.39 Å². The quantitative estimate of drug-likeness (QED) is 0.883. The number of rotatable bonds is 5. The Labute approximate surface area is 120 Å². The fourth-order valence-electron chi connectivity index (χ4n) is 2.21. The van der Waals surface area contributed by atoms with E-state index in [2.05, 4.69) is 43.4 Å². The molecule has 0 aliphatic carbocycles. The minimum absolute atomic E-state index is 0.138. The summed E-state index contributed by atoms with van der Waals surface area (Å²) in [5.41, 5.74) is 3.45. The number of para-hydroxylation sites is 1. The zero-order chi connectivity index (χ0) is 14.5. The van der Waals surface area contributed by atoms with Crippen molar-refractivity contribution in [1.29, 1.82) is 0 Å². The maximum atomic E-state index is 13.0. The largest absolute Gasteiger partial charge is 0.378 e. The third-order valence-electron chi connectivity index (χ3n) is 3.25. The van der Waals surface area contributed by atoms with Crippen molar-refractivity contribution in [3.05, 3.63) is 65.5 Å². The first-order chi connectivity index (χ1) is 9.56. The van der Waals surface area contributed by atoms with Gasteiger partial charge >= 0.3 is 0 Å². The summed E-state index contributed by atoms with van der Waals surface area (Å²) in [5, 5.41) is 3.50. The van der Waals surface area contributed by atoms with Crippen LogP contribution in [0.25, 0.3) is 0 Å². The van der Waals surface area contributed by atoms with E-state index in [-0.39, 0.29) is 11.9 Å². The molecule has 2 aromatic rings. The summed E-state index contributed by atoms with van der Waals surface area (Å²) in [7, 11) is 4.11. The normalized spacial score (nSPS) is 12.4. The van der Waals surface area contributed by atoms with E-state index in [9.17, 15) is 4.39 Å². The van der Waals surface area contributed by atoms with Crippen LogP contribution in [-0.4, -0.2) is 19.0 Å². The van der Waals surface area contributed by atoms with Gasteiger partial charge < -0.3 is 10.2 Å². The first kappa shape index (κ1) is 14.5. The maximum absolute atomic E-state index is 13.0. The molecule has 0 amide bonds. The van der Waals surface area contributed by atoms with E-state index in [0.29, 0.717) is 0 Å². The number of anilines is 1. The molecule has 2 rings (SSSR count). The van der Waals surface area contributed by atoms with Crippen molar-refractivity contribution >= 4 is 5.69 Å². The molecule has 0 fully saturated rings. The van der Waals surface area contributed by atoms with Crippen molar-refractivity contribution in [2.75, 3.05) is 19.4 Å². The molecule has 20 heavy (non-hydrogen) atoms.